The third kappa shape index (κ3) is 31.5. The van der Waals surface area contributed by atoms with Crippen LogP contribution < -0.4 is 10.6 Å². The summed E-state index contributed by atoms with van der Waals surface area (Å²) in [5.41, 5.74) is 0. The second-order valence-electron chi connectivity index (χ2n) is 26.1. The highest BCUT2D eigenvalue weighted by Crippen LogP contribution is 2.39. The molecule has 0 bridgehead atoms. The maximum absolute atomic E-state index is 13.4. The van der Waals surface area contributed by atoms with Crippen molar-refractivity contribution >= 4 is 17.8 Å². The van der Waals surface area contributed by atoms with Crippen molar-refractivity contribution < 1.29 is 104 Å². The average molecular weight is 1310 g/mol. The first-order valence-electron chi connectivity index (χ1n) is 35.6. The molecule has 3 rings (SSSR count). The zero-order valence-corrected chi connectivity index (χ0v) is 55.7. The van der Waals surface area contributed by atoms with Crippen LogP contribution in [0.5, 0.6) is 0 Å². The molecule has 91 heavy (non-hydrogen) atoms. The largest absolute Gasteiger partial charge is 0.477 e. The molecule has 0 aromatic heterocycles. The van der Waals surface area contributed by atoms with Gasteiger partial charge in [-0.05, 0) is 19.3 Å². The number of amides is 2. The molecule has 534 valence electrons. The molecule has 14 N–H and O–H groups in total. The Bertz CT molecular complexity index is 1890. The summed E-state index contributed by atoms with van der Waals surface area (Å²) in [4.78, 5) is 38.5. The zero-order valence-electron chi connectivity index (χ0n) is 55.7. The van der Waals surface area contributed by atoms with E-state index in [0.717, 1.165) is 51.9 Å². The fourth-order valence-corrected chi connectivity index (χ4v) is 12.5. The summed E-state index contributed by atoms with van der Waals surface area (Å²) in [6, 6.07) is -2.61. The van der Waals surface area contributed by atoms with E-state index in [1.165, 1.54) is 173 Å². The second-order valence-corrected chi connectivity index (χ2v) is 26.1. The van der Waals surface area contributed by atoms with E-state index in [9.17, 15) is 75.7 Å². The number of hydrogen-bond acceptors (Lipinski definition) is 20. The van der Waals surface area contributed by atoms with Crippen molar-refractivity contribution in [3.05, 3.63) is 12.2 Å². The van der Waals surface area contributed by atoms with E-state index in [0.29, 0.717) is 12.8 Å². The van der Waals surface area contributed by atoms with Crippen molar-refractivity contribution in [3.63, 3.8) is 0 Å². The van der Waals surface area contributed by atoms with E-state index in [2.05, 4.69) is 24.5 Å². The Balaban J connectivity index is 1.54. The first-order valence-corrected chi connectivity index (χ1v) is 35.6. The van der Waals surface area contributed by atoms with Crippen LogP contribution in [0.3, 0.4) is 0 Å². The SMILES string of the molecule is CCCCCCCCCCCC/C=C/C(O)C(COC1OC(CO)C(OC2OC(CO)C(O)C(OC3(C(=O)O)CC(O)C(NC(C)=O)C(C(O)C(O)CO)O3)C2O)C(O)C1O)NC(=O)CCCCCCCCCCCCCCCCCCCCCCCCCCC. The van der Waals surface area contributed by atoms with Gasteiger partial charge in [-0.2, -0.15) is 0 Å². The van der Waals surface area contributed by atoms with Gasteiger partial charge < -0.3 is 100 Å². The topological polar surface area (TPSA) is 373 Å². The smallest absolute Gasteiger partial charge is 0.364 e. The minimum Gasteiger partial charge on any atom is -0.477 e. The van der Waals surface area contributed by atoms with Gasteiger partial charge in [0.15, 0.2) is 12.6 Å². The number of aliphatic hydroxyl groups excluding tert-OH is 11. The van der Waals surface area contributed by atoms with Gasteiger partial charge in [0.25, 0.3) is 5.79 Å². The molecule has 18 unspecified atom stereocenters. The number of allylic oxidation sites excluding steroid dienone is 1. The Kier molecular flexibility index (Phi) is 44.6. The third-order valence-corrected chi connectivity index (χ3v) is 18.2. The molecule has 3 aliphatic rings. The fourth-order valence-electron chi connectivity index (χ4n) is 12.5. The summed E-state index contributed by atoms with van der Waals surface area (Å²) in [7, 11) is 0. The Labute approximate surface area is 543 Å². The standard InChI is InChI=1S/C68H126N2O21/c1-4-6-8-10-12-14-16-18-19-20-21-22-23-24-25-26-27-28-29-30-32-34-36-38-40-42-55(78)70-49(50(75)41-39-37-35-33-31-17-15-13-11-9-7-5-2)47-86-65-60(82)59(81)62(54(46-73)88-65)89-66-61(83)64(58(80)53(45-72)87-66)91-68(67(84)85)43-51(76)56(69-48(3)74)63(90-68)57(79)52(77)44-71/h39,41,49-54,56-66,71-73,75-77,79-83H,4-38,40,42-47H2,1-3H3,(H,69,74)(H,70,78)(H,84,85)/b41-39+. The van der Waals surface area contributed by atoms with E-state index in [4.69, 9.17) is 28.4 Å². The predicted molar refractivity (Wildman–Crippen MR) is 343 cm³/mol. The molecule has 2 amide bonds. The van der Waals surface area contributed by atoms with Gasteiger partial charge in [-0.15, -0.1) is 0 Å². The minimum absolute atomic E-state index is 0.205. The molecule has 0 aromatic carbocycles. The quantitative estimate of drug-likeness (QED) is 0.0223. The lowest BCUT2D eigenvalue weighted by Crippen LogP contribution is -2.70. The van der Waals surface area contributed by atoms with Gasteiger partial charge in [-0.25, -0.2) is 4.79 Å². The molecule has 0 saturated carbocycles. The summed E-state index contributed by atoms with van der Waals surface area (Å²) in [5, 5.41) is 136. The molecule has 23 nitrogen and oxygen atoms in total. The zero-order chi connectivity index (χ0) is 66.8. The molecule has 23 heteroatoms. The van der Waals surface area contributed by atoms with Crippen molar-refractivity contribution in [2.24, 2.45) is 0 Å². The van der Waals surface area contributed by atoms with E-state index in [1.54, 1.807) is 6.08 Å². The average Bonchev–Trinajstić information content (AvgIpc) is 0.781. The minimum atomic E-state index is -3.08. The van der Waals surface area contributed by atoms with Crippen LogP contribution in [0.25, 0.3) is 0 Å². The van der Waals surface area contributed by atoms with Crippen molar-refractivity contribution in [1.82, 2.24) is 10.6 Å². The first kappa shape index (κ1) is 82.7. The van der Waals surface area contributed by atoms with Crippen molar-refractivity contribution in [3.8, 4) is 0 Å². The molecule has 0 aromatic rings. The van der Waals surface area contributed by atoms with Crippen molar-refractivity contribution in [2.45, 2.75) is 375 Å². The normalized spacial score (nSPS) is 28.4. The number of carbonyl (C=O) groups is 3. The van der Waals surface area contributed by atoms with Crippen LogP contribution in [-0.4, -0.2) is 215 Å². The number of hydrogen-bond donors (Lipinski definition) is 14. The third-order valence-electron chi connectivity index (χ3n) is 18.2. The lowest BCUT2D eigenvalue weighted by atomic mass is 9.88. The molecule has 3 heterocycles. The number of carboxylic acids is 1. The number of rotatable bonds is 54. The fraction of sp³-hybridized carbons (Fsp3) is 0.926. The highest BCUT2D eigenvalue weighted by Gasteiger charge is 2.60. The summed E-state index contributed by atoms with van der Waals surface area (Å²) < 4.78 is 34.8. The summed E-state index contributed by atoms with van der Waals surface area (Å²) in [6.45, 7) is 2.14. The van der Waals surface area contributed by atoms with Gasteiger partial charge in [-0.3, -0.25) is 9.59 Å². The molecule has 0 aliphatic carbocycles. The molecular formula is C68H126N2O21. The molecule has 3 saturated heterocycles. The summed E-state index contributed by atoms with van der Waals surface area (Å²) in [6.07, 6.45) is 18.5. The lowest BCUT2D eigenvalue weighted by molar-refractivity contribution is -0.386. The first-order chi connectivity index (χ1) is 43.9. The highest BCUT2D eigenvalue weighted by molar-refractivity contribution is 5.77. The number of aliphatic carboxylic acids is 1. The number of carboxylic acid groups (broad SMARTS) is 1. The number of ether oxygens (including phenoxy) is 6. The van der Waals surface area contributed by atoms with Gasteiger partial charge in [-0.1, -0.05) is 238 Å². The maximum Gasteiger partial charge on any atom is 0.364 e. The molecule has 0 spiro atoms. The molecule has 3 fully saturated rings. The monoisotopic (exact) mass is 1310 g/mol. The number of unbranched alkanes of at least 4 members (excludes halogenated alkanes) is 34. The number of nitrogens with one attached hydrogen (secondary N) is 2. The van der Waals surface area contributed by atoms with Crippen LogP contribution in [0.2, 0.25) is 0 Å². The van der Waals surface area contributed by atoms with E-state index >= 15 is 0 Å². The summed E-state index contributed by atoms with van der Waals surface area (Å²) >= 11 is 0. The Morgan fingerprint density at radius 1 is 0.571 bits per heavy atom. The highest BCUT2D eigenvalue weighted by atomic mass is 16.8. The van der Waals surface area contributed by atoms with Crippen LogP contribution in [-0.2, 0) is 42.8 Å². The van der Waals surface area contributed by atoms with Gasteiger partial charge in [0.1, 0.15) is 67.1 Å². The van der Waals surface area contributed by atoms with E-state index in [-0.39, 0.29) is 12.3 Å². The van der Waals surface area contributed by atoms with Gasteiger partial charge in [0.2, 0.25) is 11.8 Å². The molecule has 0 radical (unpaired) electrons. The number of aliphatic hydroxyl groups is 11. The molecule has 18 atom stereocenters. The van der Waals surface area contributed by atoms with Crippen LogP contribution in [0.15, 0.2) is 12.2 Å². The van der Waals surface area contributed by atoms with Crippen molar-refractivity contribution in [1.29, 1.82) is 0 Å². The van der Waals surface area contributed by atoms with Crippen LogP contribution >= 0.6 is 0 Å². The van der Waals surface area contributed by atoms with Gasteiger partial charge in [0.05, 0.1) is 50.7 Å². The van der Waals surface area contributed by atoms with E-state index in [1.807, 2.05) is 6.08 Å². The number of carbonyl (C=O) groups excluding carboxylic acids is 2. The van der Waals surface area contributed by atoms with Crippen LogP contribution in [0.1, 0.15) is 265 Å². The maximum atomic E-state index is 13.4. The lowest BCUT2D eigenvalue weighted by Gasteiger charge is -2.50. The van der Waals surface area contributed by atoms with Crippen molar-refractivity contribution in [2.75, 3.05) is 26.4 Å². The Morgan fingerprint density at radius 3 is 1.46 bits per heavy atom. The Morgan fingerprint density at radius 2 is 1.02 bits per heavy atom. The second kappa shape index (κ2) is 49.1. The van der Waals surface area contributed by atoms with Crippen LogP contribution in [0.4, 0.5) is 0 Å². The summed E-state index contributed by atoms with van der Waals surface area (Å²) in [5.74, 6) is -6.14. The van der Waals surface area contributed by atoms with Crippen LogP contribution in [0, 0.1) is 0 Å². The molecule has 3 aliphatic heterocycles. The van der Waals surface area contributed by atoms with Gasteiger partial charge >= 0.3 is 5.97 Å². The Hall–Kier alpha value is -2.53. The molecular weight excluding hydrogens is 1180 g/mol. The van der Waals surface area contributed by atoms with E-state index < -0.39 is 155 Å². The predicted octanol–water partition coefficient (Wildman–Crippen LogP) is 6.68. The van der Waals surface area contributed by atoms with Gasteiger partial charge in [0, 0.05) is 19.8 Å².